The Bertz CT molecular complexity index is 1210. The van der Waals surface area contributed by atoms with Gasteiger partial charge in [-0.05, 0) is 60.9 Å². The van der Waals surface area contributed by atoms with Crippen LogP contribution in [0.25, 0.3) is 10.2 Å². The number of alkyl halides is 3. The molecule has 158 valence electrons. The normalized spacial score (nSPS) is 11.6. The van der Waals surface area contributed by atoms with Gasteiger partial charge in [-0.1, -0.05) is 47.7 Å². The minimum Gasteiger partial charge on any atom is -0.279 e. The highest BCUT2D eigenvalue weighted by atomic mass is 32.1. The van der Waals surface area contributed by atoms with Crippen LogP contribution in [0.4, 0.5) is 18.3 Å². The van der Waals surface area contributed by atoms with Gasteiger partial charge in [0, 0.05) is 5.56 Å². The van der Waals surface area contributed by atoms with Crippen LogP contribution >= 0.6 is 11.3 Å². The zero-order chi connectivity index (χ0) is 22.2. The van der Waals surface area contributed by atoms with Crippen LogP contribution < -0.4 is 4.90 Å². The molecule has 4 rings (SSSR count). The Labute approximate surface area is 181 Å². The maximum Gasteiger partial charge on any atom is 0.416 e. The van der Waals surface area contributed by atoms with Crippen molar-refractivity contribution in [3.63, 3.8) is 0 Å². The van der Waals surface area contributed by atoms with Gasteiger partial charge in [0.05, 0.1) is 22.3 Å². The standard InChI is InChI=1S/C24H19F3N2OS/c1-15-11-20-21(12-16(15)2)31-23(28-20)29(14-17-7-4-3-5-8-17)22(30)18-9-6-10-19(13-18)24(25,26)27/h3-13H,14H2,1-2H3. The second kappa shape index (κ2) is 8.15. The van der Waals surface area contributed by atoms with Gasteiger partial charge in [0.1, 0.15) is 0 Å². The van der Waals surface area contributed by atoms with Crippen LogP contribution in [0.3, 0.4) is 0 Å². The zero-order valence-electron chi connectivity index (χ0n) is 16.9. The molecule has 0 spiro atoms. The van der Waals surface area contributed by atoms with Gasteiger partial charge in [-0.3, -0.25) is 9.69 Å². The first kappa shape index (κ1) is 21.1. The number of hydrogen-bond acceptors (Lipinski definition) is 3. The Hall–Kier alpha value is -3.19. The van der Waals surface area contributed by atoms with Crippen molar-refractivity contribution in [2.24, 2.45) is 0 Å². The summed E-state index contributed by atoms with van der Waals surface area (Å²) >= 11 is 1.35. The van der Waals surface area contributed by atoms with Gasteiger partial charge in [-0.25, -0.2) is 4.98 Å². The monoisotopic (exact) mass is 440 g/mol. The zero-order valence-corrected chi connectivity index (χ0v) is 17.7. The van der Waals surface area contributed by atoms with Crippen molar-refractivity contribution in [1.82, 2.24) is 4.98 Å². The summed E-state index contributed by atoms with van der Waals surface area (Å²) in [5.74, 6) is -0.526. The number of benzene rings is 3. The van der Waals surface area contributed by atoms with Crippen LogP contribution in [0.15, 0.2) is 66.7 Å². The van der Waals surface area contributed by atoms with Crippen molar-refractivity contribution >= 4 is 32.6 Å². The number of amides is 1. The van der Waals surface area contributed by atoms with Gasteiger partial charge in [0.15, 0.2) is 5.13 Å². The summed E-state index contributed by atoms with van der Waals surface area (Å²) in [7, 11) is 0. The Morgan fingerprint density at radius 2 is 1.68 bits per heavy atom. The van der Waals surface area contributed by atoms with Crippen molar-refractivity contribution in [3.8, 4) is 0 Å². The van der Waals surface area contributed by atoms with E-state index in [1.54, 1.807) is 0 Å². The lowest BCUT2D eigenvalue weighted by atomic mass is 10.1. The molecule has 0 bridgehead atoms. The number of fused-ring (bicyclic) bond motifs is 1. The molecule has 0 saturated carbocycles. The number of aryl methyl sites for hydroxylation is 2. The van der Waals surface area contributed by atoms with E-state index in [0.717, 1.165) is 39.0 Å². The second-order valence-corrected chi connectivity index (χ2v) is 8.37. The van der Waals surface area contributed by atoms with Gasteiger partial charge in [0.2, 0.25) is 0 Å². The van der Waals surface area contributed by atoms with Gasteiger partial charge in [-0.2, -0.15) is 13.2 Å². The van der Waals surface area contributed by atoms with Crippen molar-refractivity contribution in [3.05, 3.63) is 94.5 Å². The summed E-state index contributed by atoms with van der Waals surface area (Å²) in [6.07, 6.45) is -4.52. The maximum atomic E-state index is 13.4. The Kier molecular flexibility index (Phi) is 5.54. The number of anilines is 1. The molecule has 0 aliphatic carbocycles. The summed E-state index contributed by atoms with van der Waals surface area (Å²) in [4.78, 5) is 19.4. The van der Waals surface area contributed by atoms with Gasteiger partial charge in [0.25, 0.3) is 5.91 Å². The van der Waals surface area contributed by atoms with Gasteiger partial charge < -0.3 is 0 Å². The Morgan fingerprint density at radius 3 is 2.39 bits per heavy atom. The van der Waals surface area contributed by atoms with E-state index in [1.807, 2.05) is 56.3 Å². The predicted octanol–water partition coefficient (Wildman–Crippen LogP) is 6.78. The minimum absolute atomic E-state index is 0.0302. The van der Waals surface area contributed by atoms with Crippen LogP contribution in [0.1, 0.15) is 32.6 Å². The Balaban J connectivity index is 1.79. The predicted molar refractivity (Wildman–Crippen MR) is 117 cm³/mol. The summed E-state index contributed by atoms with van der Waals surface area (Å²) in [5.41, 5.74) is 2.93. The third-order valence-electron chi connectivity index (χ3n) is 5.09. The quantitative estimate of drug-likeness (QED) is 0.350. The molecule has 4 aromatic rings. The largest absolute Gasteiger partial charge is 0.416 e. The molecule has 0 atom stereocenters. The molecule has 0 N–H and O–H groups in total. The van der Waals surface area contributed by atoms with Crippen molar-refractivity contribution in [1.29, 1.82) is 0 Å². The van der Waals surface area contributed by atoms with E-state index in [9.17, 15) is 18.0 Å². The highest BCUT2D eigenvalue weighted by Gasteiger charge is 2.32. The van der Waals surface area contributed by atoms with E-state index in [0.29, 0.717) is 5.13 Å². The third kappa shape index (κ3) is 4.46. The lowest BCUT2D eigenvalue weighted by Crippen LogP contribution is -2.30. The first-order valence-electron chi connectivity index (χ1n) is 9.63. The van der Waals surface area contributed by atoms with Crippen LogP contribution in [-0.2, 0) is 12.7 Å². The summed E-state index contributed by atoms with van der Waals surface area (Å²) in [6.45, 7) is 4.20. The van der Waals surface area contributed by atoms with Crippen LogP contribution in [-0.4, -0.2) is 10.9 Å². The molecule has 1 heterocycles. The number of halogens is 3. The lowest BCUT2D eigenvalue weighted by Gasteiger charge is -2.20. The SMILES string of the molecule is Cc1cc2nc(N(Cc3ccccc3)C(=O)c3cccc(C(F)(F)F)c3)sc2cc1C. The molecule has 31 heavy (non-hydrogen) atoms. The molecule has 0 fully saturated rings. The molecule has 3 nitrogen and oxygen atoms in total. The van der Waals surface area contributed by atoms with Gasteiger partial charge in [-0.15, -0.1) is 0 Å². The van der Waals surface area contributed by atoms with Crippen LogP contribution in [0.2, 0.25) is 0 Å². The number of carbonyl (C=O) groups is 1. The molecule has 0 aliphatic rings. The summed E-state index contributed by atoms with van der Waals surface area (Å²) < 4.78 is 40.5. The van der Waals surface area contributed by atoms with E-state index in [1.165, 1.54) is 28.4 Å². The molecule has 3 aromatic carbocycles. The average molecular weight is 440 g/mol. The molecular weight excluding hydrogens is 421 g/mol. The van der Waals surface area contributed by atoms with E-state index in [-0.39, 0.29) is 12.1 Å². The number of rotatable bonds is 4. The van der Waals surface area contributed by atoms with E-state index in [2.05, 4.69) is 4.98 Å². The molecule has 7 heteroatoms. The number of thiazole rings is 1. The highest BCUT2D eigenvalue weighted by Crippen LogP contribution is 2.34. The molecule has 1 amide bonds. The molecule has 0 aliphatic heterocycles. The summed E-state index contributed by atoms with van der Waals surface area (Å²) in [5, 5.41) is 0.450. The second-order valence-electron chi connectivity index (χ2n) is 7.36. The summed E-state index contributed by atoms with van der Waals surface area (Å²) in [6, 6.07) is 17.8. The van der Waals surface area contributed by atoms with E-state index < -0.39 is 17.6 Å². The fraction of sp³-hybridized carbons (Fsp3) is 0.167. The van der Waals surface area contributed by atoms with E-state index in [4.69, 9.17) is 0 Å². The maximum absolute atomic E-state index is 13.4. The molecule has 0 radical (unpaired) electrons. The van der Waals surface area contributed by atoms with Crippen LogP contribution in [0.5, 0.6) is 0 Å². The molecule has 0 saturated heterocycles. The topological polar surface area (TPSA) is 33.2 Å². The highest BCUT2D eigenvalue weighted by molar-refractivity contribution is 7.22. The van der Waals surface area contributed by atoms with Crippen molar-refractivity contribution in [2.45, 2.75) is 26.6 Å². The third-order valence-corrected chi connectivity index (χ3v) is 6.13. The number of carbonyl (C=O) groups excluding carboxylic acids is 1. The number of hydrogen-bond donors (Lipinski definition) is 0. The number of aromatic nitrogens is 1. The van der Waals surface area contributed by atoms with Crippen molar-refractivity contribution in [2.75, 3.05) is 4.90 Å². The fourth-order valence-corrected chi connectivity index (χ4v) is 4.30. The van der Waals surface area contributed by atoms with E-state index >= 15 is 0 Å². The molecular formula is C24H19F3N2OS. The first-order chi connectivity index (χ1) is 14.7. The van der Waals surface area contributed by atoms with Crippen LogP contribution in [0, 0.1) is 13.8 Å². The first-order valence-corrected chi connectivity index (χ1v) is 10.4. The number of nitrogens with zero attached hydrogens (tertiary/aromatic N) is 2. The minimum atomic E-state index is -4.52. The molecule has 0 unspecified atom stereocenters. The average Bonchev–Trinajstić information content (AvgIpc) is 3.14. The van der Waals surface area contributed by atoms with Crippen molar-refractivity contribution < 1.29 is 18.0 Å². The Morgan fingerprint density at radius 1 is 0.968 bits per heavy atom. The lowest BCUT2D eigenvalue weighted by molar-refractivity contribution is -0.137. The van der Waals surface area contributed by atoms with Gasteiger partial charge >= 0.3 is 6.18 Å². The smallest absolute Gasteiger partial charge is 0.279 e. The molecule has 1 aromatic heterocycles. The fourth-order valence-electron chi connectivity index (χ4n) is 3.26.